The minimum absolute atomic E-state index is 0.173. The third kappa shape index (κ3) is 1.71. The molecule has 1 atom stereocenters. The first-order chi connectivity index (χ1) is 7.61. The van der Waals surface area contributed by atoms with Crippen LogP contribution in [0.25, 0.3) is 0 Å². The van der Waals surface area contributed by atoms with Gasteiger partial charge in [0.2, 0.25) is 0 Å². The van der Waals surface area contributed by atoms with Crippen molar-refractivity contribution in [3.63, 3.8) is 0 Å². The van der Waals surface area contributed by atoms with E-state index >= 15 is 0 Å². The molecule has 0 spiro atoms. The van der Waals surface area contributed by atoms with Gasteiger partial charge in [-0.1, -0.05) is 0 Å². The fourth-order valence-corrected chi connectivity index (χ4v) is 1.56. The SMILES string of the molecule is COC(=O)c1nn(C)cc1C1CNC(=O)O1. The highest BCUT2D eigenvalue weighted by molar-refractivity contribution is 5.89. The lowest BCUT2D eigenvalue weighted by molar-refractivity contribution is 0.0586. The molecule has 16 heavy (non-hydrogen) atoms. The second-order valence-electron chi connectivity index (χ2n) is 3.37. The smallest absolute Gasteiger partial charge is 0.407 e. The fraction of sp³-hybridized carbons (Fsp3) is 0.444. The molecule has 1 aliphatic heterocycles. The maximum atomic E-state index is 11.4. The van der Waals surface area contributed by atoms with Crippen LogP contribution in [0.4, 0.5) is 4.79 Å². The highest BCUT2D eigenvalue weighted by Crippen LogP contribution is 2.23. The molecule has 0 aromatic carbocycles. The summed E-state index contributed by atoms with van der Waals surface area (Å²) in [6, 6.07) is 0. The number of carbonyl (C=O) groups is 2. The van der Waals surface area contributed by atoms with E-state index in [1.165, 1.54) is 11.8 Å². The summed E-state index contributed by atoms with van der Waals surface area (Å²) in [5.41, 5.74) is 0.721. The molecular weight excluding hydrogens is 214 g/mol. The summed E-state index contributed by atoms with van der Waals surface area (Å²) in [6.45, 7) is 0.328. The molecule has 1 aromatic heterocycles. The normalized spacial score (nSPS) is 19.1. The number of rotatable bonds is 2. The zero-order valence-electron chi connectivity index (χ0n) is 8.89. The summed E-state index contributed by atoms with van der Waals surface area (Å²) in [7, 11) is 2.96. The second-order valence-corrected chi connectivity index (χ2v) is 3.37. The van der Waals surface area contributed by atoms with Gasteiger partial charge in [0.15, 0.2) is 5.69 Å². The van der Waals surface area contributed by atoms with Gasteiger partial charge in [-0.25, -0.2) is 9.59 Å². The van der Waals surface area contributed by atoms with E-state index in [2.05, 4.69) is 15.2 Å². The lowest BCUT2D eigenvalue weighted by atomic mass is 10.1. The molecule has 1 unspecified atom stereocenters. The predicted molar refractivity (Wildman–Crippen MR) is 51.8 cm³/mol. The number of methoxy groups -OCH3 is 1. The van der Waals surface area contributed by atoms with Crippen LogP contribution in [0.5, 0.6) is 0 Å². The zero-order valence-corrected chi connectivity index (χ0v) is 8.89. The molecule has 1 amide bonds. The Balaban J connectivity index is 2.32. The maximum absolute atomic E-state index is 11.4. The molecule has 0 saturated carbocycles. The molecule has 0 radical (unpaired) electrons. The Kier molecular flexibility index (Phi) is 2.51. The predicted octanol–water partition coefficient (Wildman–Crippen LogP) is -0.0124. The Morgan fingerprint density at radius 1 is 1.75 bits per heavy atom. The lowest BCUT2D eigenvalue weighted by Gasteiger charge is -2.05. The Morgan fingerprint density at radius 2 is 2.50 bits per heavy atom. The van der Waals surface area contributed by atoms with E-state index in [1.54, 1.807) is 13.2 Å². The summed E-state index contributed by atoms with van der Waals surface area (Å²) in [6.07, 6.45) is 0.650. The average molecular weight is 225 g/mol. The topological polar surface area (TPSA) is 82.5 Å². The molecule has 7 nitrogen and oxygen atoms in total. The molecule has 1 aromatic rings. The molecular formula is C9H11N3O4. The number of nitrogens with one attached hydrogen (secondary N) is 1. The zero-order chi connectivity index (χ0) is 11.7. The van der Waals surface area contributed by atoms with Crippen LogP contribution in [0, 0.1) is 0 Å². The lowest BCUT2D eigenvalue weighted by Crippen LogP contribution is -2.13. The third-order valence-corrected chi connectivity index (χ3v) is 2.26. The Morgan fingerprint density at radius 3 is 3.06 bits per heavy atom. The summed E-state index contributed by atoms with van der Waals surface area (Å²) < 4.78 is 11.1. The van der Waals surface area contributed by atoms with Crippen LogP contribution in [-0.4, -0.2) is 35.5 Å². The van der Waals surface area contributed by atoms with Gasteiger partial charge in [-0.2, -0.15) is 5.10 Å². The van der Waals surface area contributed by atoms with Crippen molar-refractivity contribution in [2.75, 3.05) is 13.7 Å². The van der Waals surface area contributed by atoms with E-state index < -0.39 is 18.2 Å². The first-order valence-electron chi connectivity index (χ1n) is 4.68. The monoisotopic (exact) mass is 225 g/mol. The standard InChI is InChI=1S/C9H11N3O4/c1-12-4-5(6-3-10-9(14)16-6)7(11-12)8(13)15-2/h4,6H,3H2,1-2H3,(H,10,14). The summed E-state index contributed by atoms with van der Waals surface area (Å²) >= 11 is 0. The van der Waals surface area contributed by atoms with E-state index in [9.17, 15) is 9.59 Å². The van der Waals surface area contributed by atoms with E-state index in [0.717, 1.165) is 0 Å². The van der Waals surface area contributed by atoms with E-state index in [-0.39, 0.29) is 5.69 Å². The summed E-state index contributed by atoms with van der Waals surface area (Å²) in [5.74, 6) is -0.543. The fourth-order valence-electron chi connectivity index (χ4n) is 1.56. The number of carbonyl (C=O) groups excluding carboxylic acids is 2. The Labute approximate surface area is 91.3 Å². The highest BCUT2D eigenvalue weighted by Gasteiger charge is 2.30. The number of ether oxygens (including phenoxy) is 2. The number of esters is 1. The number of hydrogen-bond acceptors (Lipinski definition) is 5. The van der Waals surface area contributed by atoms with Gasteiger partial charge < -0.3 is 14.8 Å². The molecule has 0 bridgehead atoms. The van der Waals surface area contributed by atoms with Gasteiger partial charge in [-0.3, -0.25) is 4.68 Å². The van der Waals surface area contributed by atoms with Gasteiger partial charge in [-0.15, -0.1) is 0 Å². The highest BCUT2D eigenvalue weighted by atomic mass is 16.6. The number of aromatic nitrogens is 2. The third-order valence-electron chi connectivity index (χ3n) is 2.26. The van der Waals surface area contributed by atoms with Gasteiger partial charge in [0.05, 0.1) is 13.7 Å². The number of aryl methyl sites for hydroxylation is 1. The first-order valence-corrected chi connectivity index (χ1v) is 4.68. The van der Waals surface area contributed by atoms with Crippen molar-refractivity contribution in [2.45, 2.75) is 6.10 Å². The number of cyclic esters (lactones) is 1. The quantitative estimate of drug-likeness (QED) is 0.715. The van der Waals surface area contributed by atoms with Crippen LogP contribution in [0.3, 0.4) is 0 Å². The van der Waals surface area contributed by atoms with E-state index in [1.807, 2.05) is 0 Å². The molecule has 0 aliphatic carbocycles. The number of hydrogen-bond donors (Lipinski definition) is 1. The molecule has 1 aliphatic rings. The second kappa shape index (κ2) is 3.84. The Bertz CT molecular complexity index is 440. The number of alkyl carbamates (subject to hydrolysis) is 1. The first kappa shape index (κ1) is 10.5. The van der Waals surface area contributed by atoms with Crippen molar-refractivity contribution >= 4 is 12.1 Å². The maximum Gasteiger partial charge on any atom is 0.407 e. The number of nitrogens with zero attached hydrogens (tertiary/aromatic N) is 2. The van der Waals surface area contributed by atoms with E-state index in [4.69, 9.17) is 4.74 Å². The molecule has 2 heterocycles. The minimum Gasteiger partial charge on any atom is -0.464 e. The van der Waals surface area contributed by atoms with Crippen LogP contribution in [0.2, 0.25) is 0 Å². The van der Waals surface area contributed by atoms with Gasteiger partial charge in [0.25, 0.3) is 0 Å². The van der Waals surface area contributed by atoms with Crippen LogP contribution in [0.15, 0.2) is 6.20 Å². The Hall–Kier alpha value is -2.05. The van der Waals surface area contributed by atoms with Crippen molar-refractivity contribution in [3.05, 3.63) is 17.5 Å². The van der Waals surface area contributed by atoms with Crippen LogP contribution >= 0.6 is 0 Å². The van der Waals surface area contributed by atoms with Gasteiger partial charge in [0.1, 0.15) is 6.10 Å². The van der Waals surface area contributed by atoms with Crippen LogP contribution < -0.4 is 5.32 Å². The molecule has 86 valence electrons. The van der Waals surface area contributed by atoms with Crippen molar-refractivity contribution in [3.8, 4) is 0 Å². The number of amides is 1. The summed E-state index contributed by atoms with van der Waals surface area (Å²) in [4.78, 5) is 22.3. The largest absolute Gasteiger partial charge is 0.464 e. The molecule has 1 saturated heterocycles. The van der Waals surface area contributed by atoms with Crippen molar-refractivity contribution in [2.24, 2.45) is 7.05 Å². The molecule has 1 N–H and O–H groups in total. The van der Waals surface area contributed by atoms with Crippen molar-refractivity contribution < 1.29 is 19.1 Å². The van der Waals surface area contributed by atoms with Gasteiger partial charge in [-0.05, 0) is 0 Å². The van der Waals surface area contributed by atoms with Crippen LogP contribution in [-0.2, 0) is 16.5 Å². The minimum atomic E-state index is -0.543. The van der Waals surface area contributed by atoms with E-state index in [0.29, 0.717) is 12.1 Å². The average Bonchev–Trinajstić information content (AvgIpc) is 2.83. The van der Waals surface area contributed by atoms with Gasteiger partial charge >= 0.3 is 12.1 Å². The molecule has 7 heteroatoms. The van der Waals surface area contributed by atoms with Gasteiger partial charge in [0, 0.05) is 18.8 Å². The summed E-state index contributed by atoms with van der Waals surface area (Å²) in [5, 5.41) is 6.49. The molecule has 1 fully saturated rings. The van der Waals surface area contributed by atoms with Crippen molar-refractivity contribution in [1.29, 1.82) is 0 Å². The van der Waals surface area contributed by atoms with Crippen LogP contribution in [0.1, 0.15) is 22.2 Å². The van der Waals surface area contributed by atoms with Crippen molar-refractivity contribution in [1.82, 2.24) is 15.1 Å². The molecule has 2 rings (SSSR count).